The Morgan fingerprint density at radius 1 is 1.38 bits per heavy atom. The molecule has 0 atom stereocenters. The number of carbonyl (C=O) groups excluding carboxylic acids is 1. The molecule has 0 saturated carbocycles. The maximum Gasteiger partial charge on any atom is 0.241 e. The van der Waals surface area contributed by atoms with E-state index in [4.69, 9.17) is 17.3 Å². The molecule has 3 heteroatoms. The van der Waals surface area contributed by atoms with E-state index in [2.05, 4.69) is 0 Å². The van der Waals surface area contributed by atoms with Crippen LogP contribution >= 0.6 is 11.6 Å². The van der Waals surface area contributed by atoms with Gasteiger partial charge in [0.05, 0.1) is 0 Å². The molecular formula is C10H10ClNO. The Hall–Kier alpha value is -1.28. The molecule has 0 saturated heterocycles. The third kappa shape index (κ3) is 2.92. The molecule has 0 aliphatic heterocycles. The second-order valence-corrected chi connectivity index (χ2v) is 3.17. The number of halogens is 1. The van der Waals surface area contributed by atoms with Crippen molar-refractivity contribution in [2.24, 2.45) is 5.73 Å². The van der Waals surface area contributed by atoms with E-state index in [1.165, 1.54) is 6.08 Å². The molecule has 0 heterocycles. The minimum absolute atomic E-state index is 0.438. The largest absolute Gasteiger partial charge is 0.366 e. The Balaban J connectivity index is 2.96. The molecule has 1 amide bonds. The fourth-order valence-corrected chi connectivity index (χ4v) is 1.14. The molecule has 1 aromatic rings. The maximum absolute atomic E-state index is 10.6. The minimum Gasteiger partial charge on any atom is -0.366 e. The number of rotatable bonds is 2. The van der Waals surface area contributed by atoms with Crippen LogP contribution in [0.5, 0.6) is 0 Å². The number of hydrogen-bond donors (Lipinski definition) is 1. The van der Waals surface area contributed by atoms with Gasteiger partial charge in [0, 0.05) is 11.1 Å². The average molecular weight is 196 g/mol. The highest BCUT2D eigenvalue weighted by Gasteiger charge is 1.96. The van der Waals surface area contributed by atoms with E-state index in [0.29, 0.717) is 5.02 Å². The van der Waals surface area contributed by atoms with Gasteiger partial charge in [-0.15, -0.1) is 0 Å². The van der Waals surface area contributed by atoms with Crippen LogP contribution in [0.15, 0.2) is 30.3 Å². The Bertz CT molecular complexity index is 340. The molecule has 13 heavy (non-hydrogen) atoms. The number of carbonyl (C=O) groups is 1. The van der Waals surface area contributed by atoms with Crippen LogP contribution in [0.2, 0.25) is 5.02 Å². The van der Waals surface area contributed by atoms with Crippen LogP contribution in [0.25, 0.3) is 5.57 Å². The van der Waals surface area contributed by atoms with Crippen molar-refractivity contribution in [3.8, 4) is 0 Å². The van der Waals surface area contributed by atoms with E-state index < -0.39 is 5.91 Å². The van der Waals surface area contributed by atoms with Crippen molar-refractivity contribution in [1.29, 1.82) is 0 Å². The van der Waals surface area contributed by atoms with Gasteiger partial charge in [0.2, 0.25) is 5.91 Å². The highest BCUT2D eigenvalue weighted by molar-refractivity contribution is 6.30. The van der Waals surface area contributed by atoms with Gasteiger partial charge in [-0.3, -0.25) is 4.79 Å². The van der Waals surface area contributed by atoms with Crippen molar-refractivity contribution in [2.45, 2.75) is 6.92 Å². The first-order chi connectivity index (χ1) is 6.09. The number of nitrogens with two attached hydrogens (primary N) is 1. The molecule has 2 N–H and O–H groups in total. The van der Waals surface area contributed by atoms with Gasteiger partial charge >= 0.3 is 0 Å². The predicted octanol–water partition coefficient (Wildman–Crippen LogP) is 2.23. The van der Waals surface area contributed by atoms with Gasteiger partial charge in [-0.2, -0.15) is 0 Å². The second kappa shape index (κ2) is 4.10. The van der Waals surface area contributed by atoms with Gasteiger partial charge in [0.15, 0.2) is 0 Å². The number of allylic oxidation sites excluding steroid dienone is 1. The number of hydrogen-bond acceptors (Lipinski definition) is 1. The second-order valence-electron chi connectivity index (χ2n) is 2.74. The summed E-state index contributed by atoms with van der Waals surface area (Å²) in [5.41, 5.74) is 6.80. The van der Waals surface area contributed by atoms with Crippen LogP contribution in [0.1, 0.15) is 12.5 Å². The fraction of sp³-hybridized carbons (Fsp3) is 0.100. The smallest absolute Gasteiger partial charge is 0.241 e. The van der Waals surface area contributed by atoms with E-state index in [9.17, 15) is 4.79 Å². The molecule has 0 aromatic heterocycles. The van der Waals surface area contributed by atoms with Crippen LogP contribution < -0.4 is 5.73 Å². The van der Waals surface area contributed by atoms with Crippen molar-refractivity contribution in [1.82, 2.24) is 0 Å². The van der Waals surface area contributed by atoms with Crippen molar-refractivity contribution in [3.05, 3.63) is 40.9 Å². The van der Waals surface area contributed by atoms with E-state index in [1.54, 1.807) is 12.1 Å². The Morgan fingerprint density at radius 2 is 1.92 bits per heavy atom. The Kier molecular flexibility index (Phi) is 3.09. The van der Waals surface area contributed by atoms with E-state index in [-0.39, 0.29) is 0 Å². The van der Waals surface area contributed by atoms with Crippen LogP contribution in [-0.2, 0) is 4.79 Å². The van der Waals surface area contributed by atoms with Gasteiger partial charge in [-0.05, 0) is 30.2 Å². The summed E-state index contributed by atoms with van der Waals surface area (Å²) in [7, 11) is 0. The van der Waals surface area contributed by atoms with Crippen LogP contribution in [0.4, 0.5) is 0 Å². The minimum atomic E-state index is -0.438. The zero-order chi connectivity index (χ0) is 9.84. The summed E-state index contributed by atoms with van der Waals surface area (Å²) in [6, 6.07) is 7.23. The summed E-state index contributed by atoms with van der Waals surface area (Å²) in [6.07, 6.45) is 1.39. The molecule has 0 aliphatic carbocycles. The van der Waals surface area contributed by atoms with Gasteiger partial charge < -0.3 is 5.73 Å². The zero-order valence-corrected chi connectivity index (χ0v) is 8.01. The molecule has 0 bridgehead atoms. The summed E-state index contributed by atoms with van der Waals surface area (Å²) in [5, 5.41) is 0.677. The summed E-state index contributed by atoms with van der Waals surface area (Å²) in [6.45, 7) is 1.83. The predicted molar refractivity (Wildman–Crippen MR) is 54.3 cm³/mol. The van der Waals surface area contributed by atoms with Crippen molar-refractivity contribution in [2.75, 3.05) is 0 Å². The SMILES string of the molecule is CC(=CC(N)=O)c1ccc(Cl)cc1. The topological polar surface area (TPSA) is 43.1 Å². The van der Waals surface area contributed by atoms with Crippen LogP contribution in [0, 0.1) is 0 Å². The van der Waals surface area contributed by atoms with E-state index in [1.807, 2.05) is 19.1 Å². The van der Waals surface area contributed by atoms with Crippen molar-refractivity contribution in [3.63, 3.8) is 0 Å². The zero-order valence-electron chi connectivity index (χ0n) is 7.25. The summed E-state index contributed by atoms with van der Waals surface area (Å²) in [4.78, 5) is 10.6. The van der Waals surface area contributed by atoms with Crippen molar-refractivity contribution >= 4 is 23.1 Å². The quantitative estimate of drug-likeness (QED) is 0.723. The highest BCUT2D eigenvalue weighted by atomic mass is 35.5. The molecule has 2 nitrogen and oxygen atoms in total. The molecule has 0 unspecified atom stereocenters. The van der Waals surface area contributed by atoms with E-state index in [0.717, 1.165) is 11.1 Å². The summed E-state index contributed by atoms with van der Waals surface area (Å²) < 4.78 is 0. The molecule has 0 aliphatic rings. The van der Waals surface area contributed by atoms with Gasteiger partial charge in [-0.1, -0.05) is 23.7 Å². The third-order valence-electron chi connectivity index (χ3n) is 1.66. The summed E-state index contributed by atoms with van der Waals surface area (Å²) in [5.74, 6) is -0.438. The van der Waals surface area contributed by atoms with Gasteiger partial charge in [0.25, 0.3) is 0 Å². The molecule has 0 spiro atoms. The van der Waals surface area contributed by atoms with Crippen LogP contribution in [0.3, 0.4) is 0 Å². The standard InChI is InChI=1S/C10H10ClNO/c1-7(6-10(12)13)8-2-4-9(11)5-3-8/h2-6H,1H3,(H2,12,13). The first kappa shape index (κ1) is 9.81. The average Bonchev–Trinajstić information content (AvgIpc) is 2.04. The number of primary amides is 1. The maximum atomic E-state index is 10.6. The van der Waals surface area contributed by atoms with Gasteiger partial charge in [-0.25, -0.2) is 0 Å². The number of benzene rings is 1. The van der Waals surface area contributed by atoms with E-state index >= 15 is 0 Å². The fourth-order valence-electron chi connectivity index (χ4n) is 1.01. The lowest BCUT2D eigenvalue weighted by molar-refractivity contribution is -0.113. The molecule has 0 fully saturated rings. The normalized spacial score (nSPS) is 11.4. The summed E-state index contributed by atoms with van der Waals surface area (Å²) >= 11 is 5.71. The third-order valence-corrected chi connectivity index (χ3v) is 1.91. The van der Waals surface area contributed by atoms with Crippen molar-refractivity contribution < 1.29 is 4.79 Å². The van der Waals surface area contributed by atoms with Crippen LogP contribution in [-0.4, -0.2) is 5.91 Å². The Morgan fingerprint density at radius 3 is 2.38 bits per heavy atom. The molecule has 0 radical (unpaired) electrons. The van der Waals surface area contributed by atoms with Gasteiger partial charge in [0.1, 0.15) is 0 Å². The number of amides is 1. The first-order valence-corrected chi connectivity index (χ1v) is 4.21. The molecule has 1 aromatic carbocycles. The highest BCUT2D eigenvalue weighted by Crippen LogP contribution is 2.16. The lowest BCUT2D eigenvalue weighted by Gasteiger charge is -1.99. The monoisotopic (exact) mass is 195 g/mol. The lowest BCUT2D eigenvalue weighted by atomic mass is 10.1. The molecule has 68 valence electrons. The first-order valence-electron chi connectivity index (χ1n) is 3.83. The molecular weight excluding hydrogens is 186 g/mol. The molecule has 1 rings (SSSR count). The Labute approximate surface area is 82.0 Å². The lowest BCUT2D eigenvalue weighted by Crippen LogP contribution is -2.06.